The molecule has 8 heteroatoms. The highest BCUT2D eigenvalue weighted by atomic mass is 32.1. The SMILES string of the molecule is Cc1ccc(CN(C(=O)c2csnn2)[C@H](C(=O)NC(C)(C)C)c2ccco2)cc1. The Morgan fingerprint density at radius 2 is 1.93 bits per heavy atom. The number of benzene rings is 1. The van der Waals surface area contributed by atoms with Crippen LogP contribution in [0.3, 0.4) is 0 Å². The van der Waals surface area contributed by atoms with Crippen LogP contribution >= 0.6 is 11.5 Å². The third kappa shape index (κ3) is 5.29. The zero-order valence-electron chi connectivity index (χ0n) is 16.9. The quantitative estimate of drug-likeness (QED) is 0.666. The first-order chi connectivity index (χ1) is 13.7. The van der Waals surface area contributed by atoms with Crippen LogP contribution in [0.1, 0.15) is 54.2 Å². The zero-order chi connectivity index (χ0) is 21.0. The number of amides is 2. The average Bonchev–Trinajstić information content (AvgIpc) is 3.35. The van der Waals surface area contributed by atoms with E-state index >= 15 is 0 Å². The molecular weight excluding hydrogens is 388 g/mol. The highest BCUT2D eigenvalue weighted by molar-refractivity contribution is 7.03. The van der Waals surface area contributed by atoms with Gasteiger partial charge in [-0.2, -0.15) is 0 Å². The van der Waals surface area contributed by atoms with Gasteiger partial charge in [-0.15, -0.1) is 5.10 Å². The molecule has 152 valence electrons. The molecule has 0 spiro atoms. The molecule has 7 nitrogen and oxygen atoms in total. The molecule has 1 N–H and O–H groups in total. The molecule has 1 atom stereocenters. The van der Waals surface area contributed by atoms with E-state index in [0.29, 0.717) is 5.76 Å². The molecule has 2 amide bonds. The number of aryl methyl sites for hydroxylation is 1. The molecule has 0 aliphatic rings. The maximum atomic E-state index is 13.3. The van der Waals surface area contributed by atoms with E-state index in [1.165, 1.54) is 11.2 Å². The molecular formula is C21H24N4O3S. The van der Waals surface area contributed by atoms with Gasteiger partial charge < -0.3 is 14.6 Å². The van der Waals surface area contributed by atoms with Gasteiger partial charge in [0.05, 0.1) is 6.26 Å². The van der Waals surface area contributed by atoms with Crippen molar-refractivity contribution in [2.75, 3.05) is 0 Å². The molecule has 0 saturated carbocycles. The fourth-order valence-electron chi connectivity index (χ4n) is 2.88. The second-order valence-electron chi connectivity index (χ2n) is 7.87. The van der Waals surface area contributed by atoms with E-state index in [0.717, 1.165) is 22.7 Å². The van der Waals surface area contributed by atoms with E-state index < -0.39 is 11.6 Å². The van der Waals surface area contributed by atoms with Crippen LogP contribution in [0.25, 0.3) is 0 Å². The minimum Gasteiger partial charge on any atom is -0.467 e. The summed E-state index contributed by atoms with van der Waals surface area (Å²) in [6.45, 7) is 7.89. The summed E-state index contributed by atoms with van der Waals surface area (Å²) >= 11 is 1.09. The molecule has 0 aliphatic heterocycles. The van der Waals surface area contributed by atoms with Crippen molar-refractivity contribution in [2.24, 2.45) is 0 Å². The maximum Gasteiger partial charge on any atom is 0.276 e. The third-order valence-electron chi connectivity index (χ3n) is 4.18. The summed E-state index contributed by atoms with van der Waals surface area (Å²) in [6, 6.07) is 10.3. The Kier molecular flexibility index (Phi) is 6.12. The Bertz CT molecular complexity index is 945. The normalized spacial score (nSPS) is 12.4. The molecule has 0 saturated heterocycles. The first kappa shape index (κ1) is 20.7. The van der Waals surface area contributed by atoms with Crippen molar-refractivity contribution < 1.29 is 14.0 Å². The van der Waals surface area contributed by atoms with Crippen LogP contribution in [-0.4, -0.2) is 31.8 Å². The Labute approximate surface area is 173 Å². The zero-order valence-corrected chi connectivity index (χ0v) is 17.7. The first-order valence-corrected chi connectivity index (χ1v) is 10.1. The molecule has 0 aliphatic carbocycles. The van der Waals surface area contributed by atoms with Gasteiger partial charge in [0.15, 0.2) is 11.7 Å². The van der Waals surface area contributed by atoms with Crippen molar-refractivity contribution >= 4 is 23.3 Å². The maximum absolute atomic E-state index is 13.3. The van der Waals surface area contributed by atoms with E-state index in [2.05, 4.69) is 14.9 Å². The molecule has 1 aromatic carbocycles. The van der Waals surface area contributed by atoms with Gasteiger partial charge in [-0.3, -0.25) is 9.59 Å². The topological polar surface area (TPSA) is 88.3 Å². The van der Waals surface area contributed by atoms with Crippen molar-refractivity contribution in [1.29, 1.82) is 0 Å². The molecule has 29 heavy (non-hydrogen) atoms. The minimum atomic E-state index is -0.945. The molecule has 0 bridgehead atoms. The highest BCUT2D eigenvalue weighted by Gasteiger charge is 2.36. The molecule has 0 radical (unpaired) electrons. The summed E-state index contributed by atoms with van der Waals surface area (Å²) in [5, 5.41) is 8.44. The minimum absolute atomic E-state index is 0.197. The summed E-state index contributed by atoms with van der Waals surface area (Å²) in [5.41, 5.74) is 1.74. The molecule has 3 aromatic rings. The molecule has 2 heterocycles. The molecule has 0 unspecified atom stereocenters. The van der Waals surface area contributed by atoms with Crippen LogP contribution in [0.2, 0.25) is 0 Å². The number of carbonyl (C=O) groups is 2. The average molecular weight is 413 g/mol. The lowest BCUT2D eigenvalue weighted by molar-refractivity contribution is -0.128. The monoisotopic (exact) mass is 412 g/mol. The van der Waals surface area contributed by atoms with Gasteiger partial charge >= 0.3 is 0 Å². The number of nitrogens with one attached hydrogen (secondary N) is 1. The second-order valence-corrected chi connectivity index (χ2v) is 8.48. The number of hydrogen-bond acceptors (Lipinski definition) is 6. The van der Waals surface area contributed by atoms with Gasteiger partial charge in [-0.25, -0.2) is 0 Å². The Hall–Kier alpha value is -3.00. The van der Waals surface area contributed by atoms with Crippen LogP contribution < -0.4 is 5.32 Å². The number of rotatable bonds is 6. The smallest absolute Gasteiger partial charge is 0.276 e. The predicted molar refractivity (Wildman–Crippen MR) is 110 cm³/mol. The highest BCUT2D eigenvalue weighted by Crippen LogP contribution is 2.27. The van der Waals surface area contributed by atoms with E-state index in [1.54, 1.807) is 17.5 Å². The summed E-state index contributed by atoms with van der Waals surface area (Å²) in [7, 11) is 0. The van der Waals surface area contributed by atoms with Crippen LogP contribution in [-0.2, 0) is 11.3 Å². The van der Waals surface area contributed by atoms with Gasteiger partial charge in [0.25, 0.3) is 11.8 Å². The predicted octanol–water partition coefficient (Wildman–Crippen LogP) is 3.74. The van der Waals surface area contributed by atoms with Gasteiger partial charge in [0.2, 0.25) is 0 Å². The van der Waals surface area contributed by atoms with Crippen LogP contribution in [0, 0.1) is 6.92 Å². The fraction of sp³-hybridized carbons (Fsp3) is 0.333. The number of furan rings is 1. The number of aromatic nitrogens is 2. The third-order valence-corrected chi connectivity index (χ3v) is 4.69. The first-order valence-electron chi connectivity index (χ1n) is 9.23. The van der Waals surface area contributed by atoms with Crippen molar-refractivity contribution in [3.63, 3.8) is 0 Å². The van der Waals surface area contributed by atoms with Crippen molar-refractivity contribution in [1.82, 2.24) is 19.8 Å². The van der Waals surface area contributed by atoms with E-state index in [9.17, 15) is 9.59 Å². The lowest BCUT2D eigenvalue weighted by atomic mass is 10.0. The largest absolute Gasteiger partial charge is 0.467 e. The summed E-state index contributed by atoms with van der Waals surface area (Å²) in [4.78, 5) is 28.0. The molecule has 0 fully saturated rings. The lowest BCUT2D eigenvalue weighted by Crippen LogP contribution is -2.49. The van der Waals surface area contributed by atoms with Crippen molar-refractivity contribution in [3.05, 3.63) is 70.6 Å². The number of nitrogens with zero attached hydrogens (tertiary/aromatic N) is 3. The van der Waals surface area contributed by atoms with Gasteiger partial charge in [-0.05, 0) is 56.9 Å². The van der Waals surface area contributed by atoms with Crippen molar-refractivity contribution in [3.8, 4) is 0 Å². The van der Waals surface area contributed by atoms with Crippen LogP contribution in [0.4, 0.5) is 0 Å². The Balaban J connectivity index is 2.02. The van der Waals surface area contributed by atoms with E-state index in [1.807, 2.05) is 52.0 Å². The molecule has 3 rings (SSSR count). The van der Waals surface area contributed by atoms with E-state index in [4.69, 9.17) is 4.42 Å². The Morgan fingerprint density at radius 1 is 1.21 bits per heavy atom. The lowest BCUT2D eigenvalue weighted by Gasteiger charge is -2.32. The summed E-state index contributed by atoms with van der Waals surface area (Å²) < 4.78 is 9.34. The van der Waals surface area contributed by atoms with Crippen LogP contribution in [0.5, 0.6) is 0 Å². The molecule has 2 aromatic heterocycles. The number of carbonyl (C=O) groups excluding carboxylic acids is 2. The van der Waals surface area contributed by atoms with E-state index in [-0.39, 0.29) is 24.1 Å². The number of hydrogen-bond donors (Lipinski definition) is 1. The van der Waals surface area contributed by atoms with Gasteiger partial charge in [-0.1, -0.05) is 34.3 Å². The van der Waals surface area contributed by atoms with Gasteiger partial charge in [0.1, 0.15) is 5.76 Å². The Morgan fingerprint density at radius 3 is 2.48 bits per heavy atom. The van der Waals surface area contributed by atoms with Crippen LogP contribution in [0.15, 0.2) is 52.5 Å². The second kappa shape index (κ2) is 8.57. The standard InChI is InChI=1S/C21H24N4O3S/c1-14-7-9-15(10-8-14)12-25(20(27)16-13-29-24-23-16)18(17-6-5-11-28-17)19(26)22-21(2,3)4/h5-11,13,18H,12H2,1-4H3,(H,22,26)/t18-/m0/s1. The summed E-state index contributed by atoms with van der Waals surface area (Å²) in [5.74, 6) is -0.323. The van der Waals surface area contributed by atoms with Gasteiger partial charge in [0, 0.05) is 17.5 Å². The summed E-state index contributed by atoms with van der Waals surface area (Å²) in [6.07, 6.45) is 1.49. The van der Waals surface area contributed by atoms with Crippen molar-refractivity contribution in [2.45, 2.75) is 45.8 Å². The fourth-order valence-corrected chi connectivity index (χ4v) is 3.31.